The molecule has 0 unspecified atom stereocenters. The highest BCUT2D eigenvalue weighted by Crippen LogP contribution is 2.33. The first kappa shape index (κ1) is 22.5. The van der Waals surface area contributed by atoms with Crippen LogP contribution in [0.15, 0.2) is 58.7 Å². The van der Waals surface area contributed by atoms with Crippen molar-refractivity contribution in [3.63, 3.8) is 0 Å². The summed E-state index contributed by atoms with van der Waals surface area (Å²) in [5.41, 5.74) is 3.47. The van der Waals surface area contributed by atoms with Gasteiger partial charge in [-0.25, -0.2) is 4.99 Å². The molecular formula is C24H21ClN6O2S. The van der Waals surface area contributed by atoms with Gasteiger partial charge < -0.3 is 16.0 Å². The third-order valence-corrected chi connectivity index (χ3v) is 6.82. The number of carbonyl (C=O) groups excluding carboxylic acids is 2. The maximum absolute atomic E-state index is 12.6. The number of rotatable bonds is 4. The molecule has 0 spiro atoms. The largest absolute Gasteiger partial charge is 0.326 e. The number of halogens is 1. The molecule has 3 heterocycles. The number of nitrogens with one attached hydrogen (secondary N) is 3. The Morgan fingerprint density at radius 3 is 2.74 bits per heavy atom. The molecule has 0 aliphatic carbocycles. The summed E-state index contributed by atoms with van der Waals surface area (Å²) in [6.45, 7) is 1.69. The van der Waals surface area contributed by atoms with Crippen molar-refractivity contribution in [1.82, 2.24) is 20.6 Å². The average Bonchev–Trinajstić information content (AvgIpc) is 3.20. The molecule has 2 aliphatic rings. The molecule has 1 aromatic heterocycles. The molecule has 2 saturated heterocycles. The number of aliphatic imine (C=N–C) groups is 1. The summed E-state index contributed by atoms with van der Waals surface area (Å²) in [7, 11) is 0. The van der Waals surface area contributed by atoms with Gasteiger partial charge in [0, 0.05) is 24.0 Å². The van der Waals surface area contributed by atoms with Gasteiger partial charge in [-0.15, -0.1) is 0 Å². The van der Waals surface area contributed by atoms with Crippen LogP contribution in [-0.4, -0.2) is 40.0 Å². The van der Waals surface area contributed by atoms with Gasteiger partial charge in [0.15, 0.2) is 5.17 Å². The Kier molecular flexibility index (Phi) is 6.57. The van der Waals surface area contributed by atoms with Crippen molar-refractivity contribution in [1.29, 1.82) is 0 Å². The van der Waals surface area contributed by atoms with E-state index >= 15 is 0 Å². The lowest BCUT2D eigenvalue weighted by Crippen LogP contribution is -2.34. The van der Waals surface area contributed by atoms with Gasteiger partial charge in [-0.1, -0.05) is 17.7 Å². The minimum Gasteiger partial charge on any atom is -0.326 e. The van der Waals surface area contributed by atoms with Gasteiger partial charge in [-0.3, -0.25) is 19.6 Å². The number of amidine groups is 1. The van der Waals surface area contributed by atoms with Crippen LogP contribution in [0.1, 0.15) is 18.4 Å². The first-order valence-electron chi connectivity index (χ1n) is 10.9. The third-order valence-electron chi connectivity index (χ3n) is 5.59. The fourth-order valence-electron chi connectivity index (χ4n) is 3.82. The number of thioether (sulfide) groups is 1. The lowest BCUT2D eigenvalue weighted by molar-refractivity contribution is -0.120. The summed E-state index contributed by atoms with van der Waals surface area (Å²) >= 11 is 7.57. The highest BCUT2D eigenvalue weighted by atomic mass is 35.5. The highest BCUT2D eigenvalue weighted by Gasteiger charge is 2.25. The molecule has 8 nitrogen and oxygen atoms in total. The van der Waals surface area contributed by atoms with Gasteiger partial charge in [0.25, 0.3) is 5.91 Å². The lowest BCUT2D eigenvalue weighted by atomic mass is 9.97. The Labute approximate surface area is 205 Å². The van der Waals surface area contributed by atoms with Crippen LogP contribution in [0.3, 0.4) is 0 Å². The number of hydrogen-bond acceptors (Lipinski definition) is 7. The van der Waals surface area contributed by atoms with E-state index in [1.807, 2.05) is 18.2 Å². The zero-order valence-electron chi connectivity index (χ0n) is 18.0. The summed E-state index contributed by atoms with van der Waals surface area (Å²) in [5.74, 6) is -0.254. The van der Waals surface area contributed by atoms with Crippen LogP contribution in [0.25, 0.3) is 17.1 Å². The quantitative estimate of drug-likeness (QED) is 0.473. The fourth-order valence-corrected chi connectivity index (χ4v) is 4.81. The SMILES string of the molecule is O=C1NC(=Nc2cc(NC(=O)C3CCNCC3)ccc2Cl)SC1=Cc1ccc2nccnc2c1. The molecule has 34 heavy (non-hydrogen) atoms. The van der Waals surface area contributed by atoms with Crippen molar-refractivity contribution < 1.29 is 9.59 Å². The van der Waals surface area contributed by atoms with Crippen LogP contribution in [0.2, 0.25) is 5.02 Å². The summed E-state index contributed by atoms with van der Waals surface area (Å²) in [6, 6.07) is 10.8. The number of amides is 2. The minimum atomic E-state index is -0.241. The Bertz CT molecular complexity index is 1340. The van der Waals surface area contributed by atoms with E-state index in [1.54, 1.807) is 36.7 Å². The molecule has 2 aliphatic heterocycles. The van der Waals surface area contributed by atoms with E-state index in [4.69, 9.17) is 11.6 Å². The summed E-state index contributed by atoms with van der Waals surface area (Å²) in [5, 5.41) is 9.83. The first-order valence-corrected chi connectivity index (χ1v) is 12.1. The van der Waals surface area contributed by atoms with Gasteiger partial charge >= 0.3 is 0 Å². The second-order valence-electron chi connectivity index (χ2n) is 7.97. The summed E-state index contributed by atoms with van der Waals surface area (Å²) in [4.78, 5) is 38.7. The standard InChI is InChI=1S/C24H21ClN6O2S/c25-17-3-2-16(29-22(32)15-5-7-26-8-6-15)13-19(17)30-24-31-23(33)21(34-24)12-14-1-4-18-20(11-14)28-10-9-27-18/h1-4,9-13,15,26H,5-8H2,(H,29,32)(H,30,31,33). The van der Waals surface area contributed by atoms with Crippen molar-refractivity contribution in [2.45, 2.75) is 12.8 Å². The van der Waals surface area contributed by atoms with Crippen LogP contribution in [0.4, 0.5) is 11.4 Å². The van der Waals surface area contributed by atoms with Crippen LogP contribution >= 0.6 is 23.4 Å². The van der Waals surface area contributed by atoms with Gasteiger partial charge in [0.05, 0.1) is 26.6 Å². The average molecular weight is 493 g/mol. The molecule has 2 aromatic carbocycles. The van der Waals surface area contributed by atoms with Crippen molar-refractivity contribution in [2.24, 2.45) is 10.9 Å². The number of nitrogens with zero attached hydrogens (tertiary/aromatic N) is 3. The number of benzene rings is 2. The molecule has 0 atom stereocenters. The fraction of sp³-hybridized carbons (Fsp3) is 0.208. The number of carbonyl (C=O) groups is 2. The lowest BCUT2D eigenvalue weighted by Gasteiger charge is -2.21. The van der Waals surface area contributed by atoms with Crippen molar-refractivity contribution >= 4 is 68.8 Å². The number of hydrogen-bond donors (Lipinski definition) is 3. The molecule has 3 aromatic rings. The molecule has 3 N–H and O–H groups in total. The molecule has 0 bridgehead atoms. The molecule has 0 radical (unpaired) electrons. The van der Waals surface area contributed by atoms with Gasteiger partial charge in [-0.05, 0) is 79.7 Å². The monoisotopic (exact) mass is 492 g/mol. The first-order chi connectivity index (χ1) is 16.5. The molecule has 2 fully saturated rings. The van der Waals surface area contributed by atoms with Gasteiger partial charge in [0.2, 0.25) is 5.91 Å². The Morgan fingerprint density at radius 1 is 1.12 bits per heavy atom. The van der Waals surface area contributed by atoms with E-state index < -0.39 is 0 Å². The van der Waals surface area contributed by atoms with Gasteiger partial charge in [0.1, 0.15) is 0 Å². The Balaban J connectivity index is 1.33. The number of anilines is 1. The minimum absolute atomic E-state index is 0.00346. The number of piperidine rings is 1. The predicted molar refractivity (Wildman–Crippen MR) is 136 cm³/mol. The topological polar surface area (TPSA) is 108 Å². The van der Waals surface area contributed by atoms with Crippen LogP contribution in [0, 0.1) is 5.92 Å². The molecule has 172 valence electrons. The molecule has 5 rings (SSSR count). The van der Waals surface area contributed by atoms with E-state index in [-0.39, 0.29) is 17.7 Å². The predicted octanol–water partition coefficient (Wildman–Crippen LogP) is 4.11. The van der Waals surface area contributed by atoms with Crippen molar-refractivity contribution in [2.75, 3.05) is 18.4 Å². The number of fused-ring (bicyclic) bond motifs is 1. The Hall–Kier alpha value is -3.27. The molecule has 10 heteroatoms. The van der Waals surface area contributed by atoms with Crippen LogP contribution in [0.5, 0.6) is 0 Å². The molecular weight excluding hydrogens is 472 g/mol. The smallest absolute Gasteiger partial charge is 0.264 e. The van der Waals surface area contributed by atoms with E-state index in [0.29, 0.717) is 26.5 Å². The highest BCUT2D eigenvalue weighted by molar-refractivity contribution is 8.18. The normalized spacial score (nSPS) is 19.0. The van der Waals surface area contributed by atoms with E-state index in [1.165, 1.54) is 11.8 Å². The number of aromatic nitrogens is 2. The third kappa shape index (κ3) is 5.11. The van der Waals surface area contributed by atoms with Crippen LogP contribution in [-0.2, 0) is 9.59 Å². The maximum atomic E-state index is 12.6. The summed E-state index contributed by atoms with van der Waals surface area (Å²) < 4.78 is 0. The van der Waals surface area contributed by atoms with E-state index in [2.05, 4.69) is 30.9 Å². The van der Waals surface area contributed by atoms with E-state index in [9.17, 15) is 9.59 Å². The van der Waals surface area contributed by atoms with Crippen molar-refractivity contribution in [3.8, 4) is 0 Å². The second kappa shape index (κ2) is 9.92. The zero-order chi connectivity index (χ0) is 23.5. The molecule has 0 saturated carbocycles. The van der Waals surface area contributed by atoms with Crippen molar-refractivity contribution in [3.05, 3.63) is 64.3 Å². The molecule has 2 amide bonds. The van der Waals surface area contributed by atoms with Gasteiger partial charge in [-0.2, -0.15) is 0 Å². The zero-order valence-corrected chi connectivity index (χ0v) is 19.6. The Morgan fingerprint density at radius 2 is 1.91 bits per heavy atom. The maximum Gasteiger partial charge on any atom is 0.264 e. The van der Waals surface area contributed by atoms with E-state index in [0.717, 1.165) is 42.5 Å². The second-order valence-corrected chi connectivity index (χ2v) is 9.40. The van der Waals surface area contributed by atoms with Crippen LogP contribution < -0.4 is 16.0 Å². The summed E-state index contributed by atoms with van der Waals surface area (Å²) in [6.07, 6.45) is 6.69.